The van der Waals surface area contributed by atoms with Crippen molar-refractivity contribution in [3.8, 4) is 17.1 Å². The van der Waals surface area contributed by atoms with Crippen LogP contribution < -0.4 is 0 Å². The second-order valence-electron chi connectivity index (χ2n) is 5.05. The van der Waals surface area contributed by atoms with E-state index in [2.05, 4.69) is 20.1 Å². The molecule has 0 N–H and O–H groups in total. The van der Waals surface area contributed by atoms with Crippen LogP contribution in [-0.2, 0) is 0 Å². The molecular formula is C16H11N5O2. The molecule has 4 aromatic heterocycles. The number of hydrogen-bond acceptors (Lipinski definition) is 6. The average Bonchev–Trinajstić information content (AvgIpc) is 3.20. The lowest BCUT2D eigenvalue weighted by Gasteiger charge is -2.05. The van der Waals surface area contributed by atoms with Gasteiger partial charge in [-0.2, -0.15) is 4.98 Å². The number of fused-ring (bicyclic) bond motifs is 1. The van der Waals surface area contributed by atoms with Crippen molar-refractivity contribution in [3.05, 3.63) is 54.4 Å². The predicted octanol–water partition coefficient (Wildman–Crippen LogP) is 2.59. The van der Waals surface area contributed by atoms with E-state index in [4.69, 9.17) is 4.52 Å². The van der Waals surface area contributed by atoms with Crippen LogP contribution in [0.4, 0.5) is 0 Å². The molecule has 112 valence electrons. The van der Waals surface area contributed by atoms with Gasteiger partial charge in [-0.1, -0.05) is 5.16 Å². The minimum atomic E-state index is 0.490. The molecule has 0 atom stereocenters. The zero-order valence-corrected chi connectivity index (χ0v) is 12.2. The first kappa shape index (κ1) is 13.3. The molecule has 4 rings (SSSR count). The molecule has 0 aliphatic rings. The molecule has 0 aromatic carbocycles. The zero-order valence-electron chi connectivity index (χ0n) is 12.2. The summed E-state index contributed by atoms with van der Waals surface area (Å²) < 4.78 is 6.90. The van der Waals surface area contributed by atoms with E-state index in [1.807, 2.05) is 22.9 Å². The second kappa shape index (κ2) is 5.13. The Balaban J connectivity index is 1.83. The Hall–Kier alpha value is -3.35. The molecule has 0 radical (unpaired) electrons. The van der Waals surface area contributed by atoms with Gasteiger partial charge in [0.2, 0.25) is 11.7 Å². The molecule has 7 heteroatoms. The van der Waals surface area contributed by atoms with E-state index in [-0.39, 0.29) is 0 Å². The molecule has 0 saturated carbocycles. The fourth-order valence-corrected chi connectivity index (χ4v) is 2.41. The molecule has 7 nitrogen and oxygen atoms in total. The van der Waals surface area contributed by atoms with Gasteiger partial charge in [-0.05, 0) is 18.2 Å². The summed E-state index contributed by atoms with van der Waals surface area (Å²) in [6.07, 6.45) is 7.62. The van der Waals surface area contributed by atoms with Gasteiger partial charge in [-0.15, -0.1) is 0 Å². The largest absolute Gasteiger partial charge is 0.339 e. The highest BCUT2D eigenvalue weighted by atomic mass is 16.5. The quantitative estimate of drug-likeness (QED) is 0.541. The summed E-state index contributed by atoms with van der Waals surface area (Å²) in [6.45, 7) is 1.74. The van der Waals surface area contributed by atoms with Crippen molar-refractivity contribution in [1.82, 2.24) is 24.7 Å². The second-order valence-corrected chi connectivity index (χ2v) is 5.05. The van der Waals surface area contributed by atoms with Crippen molar-refractivity contribution in [3.63, 3.8) is 0 Å². The van der Waals surface area contributed by atoms with Gasteiger partial charge in [0.25, 0.3) is 0 Å². The Bertz CT molecular complexity index is 1020. The summed E-state index contributed by atoms with van der Waals surface area (Å²) in [5.74, 6) is 0.990. The van der Waals surface area contributed by atoms with Crippen molar-refractivity contribution < 1.29 is 9.32 Å². The van der Waals surface area contributed by atoms with Crippen LogP contribution in [-0.4, -0.2) is 31.0 Å². The monoisotopic (exact) mass is 305 g/mol. The van der Waals surface area contributed by atoms with Crippen LogP contribution in [0.1, 0.15) is 16.2 Å². The lowest BCUT2D eigenvalue weighted by atomic mass is 10.2. The van der Waals surface area contributed by atoms with E-state index in [0.717, 1.165) is 28.6 Å². The molecule has 0 aliphatic carbocycles. The number of nitrogens with zero attached hydrogens (tertiary/aromatic N) is 5. The van der Waals surface area contributed by atoms with Crippen LogP contribution >= 0.6 is 0 Å². The topological polar surface area (TPSA) is 86.7 Å². The standard InChI is InChI=1S/C16H11N5O2/c1-10-19-15(20-23-10)13-5-14(8-17-7-13)21-3-2-12-4-11(9-22)6-18-16(12)21/h2-9H,1H3. The molecule has 4 aromatic rings. The number of pyridine rings is 2. The van der Waals surface area contributed by atoms with Crippen LogP contribution in [0.2, 0.25) is 0 Å². The predicted molar refractivity (Wildman–Crippen MR) is 82.3 cm³/mol. The van der Waals surface area contributed by atoms with E-state index >= 15 is 0 Å². The number of aromatic nitrogens is 5. The fraction of sp³-hybridized carbons (Fsp3) is 0.0625. The smallest absolute Gasteiger partial charge is 0.223 e. The van der Waals surface area contributed by atoms with Crippen molar-refractivity contribution in [2.75, 3.05) is 0 Å². The highest BCUT2D eigenvalue weighted by molar-refractivity contribution is 5.85. The fourth-order valence-electron chi connectivity index (χ4n) is 2.41. The zero-order chi connectivity index (χ0) is 15.8. The minimum Gasteiger partial charge on any atom is -0.339 e. The Morgan fingerprint density at radius 3 is 2.91 bits per heavy atom. The number of aldehydes is 1. The first-order valence-corrected chi connectivity index (χ1v) is 6.93. The summed E-state index contributed by atoms with van der Waals surface area (Å²) in [4.78, 5) is 23.6. The van der Waals surface area contributed by atoms with Gasteiger partial charge in [0.1, 0.15) is 5.65 Å². The normalized spacial score (nSPS) is 11.0. The van der Waals surface area contributed by atoms with Gasteiger partial charge >= 0.3 is 0 Å². The molecule has 0 aliphatic heterocycles. The third-order valence-corrected chi connectivity index (χ3v) is 3.47. The van der Waals surface area contributed by atoms with E-state index in [1.165, 1.54) is 0 Å². The molecule has 0 unspecified atom stereocenters. The van der Waals surface area contributed by atoms with Crippen molar-refractivity contribution in [2.45, 2.75) is 6.92 Å². The Kier molecular flexibility index (Phi) is 2.97. The molecule has 0 fully saturated rings. The summed E-state index contributed by atoms with van der Waals surface area (Å²) in [5.41, 5.74) is 2.88. The lowest BCUT2D eigenvalue weighted by Crippen LogP contribution is -1.96. The maximum atomic E-state index is 10.9. The van der Waals surface area contributed by atoms with Gasteiger partial charge < -0.3 is 4.52 Å². The number of aryl methyl sites for hydroxylation is 1. The third-order valence-electron chi connectivity index (χ3n) is 3.47. The maximum Gasteiger partial charge on any atom is 0.223 e. The van der Waals surface area contributed by atoms with Crippen molar-refractivity contribution in [1.29, 1.82) is 0 Å². The van der Waals surface area contributed by atoms with Gasteiger partial charge in [-0.25, -0.2) is 4.98 Å². The van der Waals surface area contributed by atoms with E-state index in [1.54, 1.807) is 31.6 Å². The van der Waals surface area contributed by atoms with Crippen LogP contribution in [0.15, 0.2) is 47.5 Å². The maximum absolute atomic E-state index is 10.9. The van der Waals surface area contributed by atoms with Gasteiger partial charge in [0.05, 0.1) is 11.9 Å². The third kappa shape index (κ3) is 2.28. The van der Waals surface area contributed by atoms with Gasteiger partial charge in [-0.3, -0.25) is 14.3 Å². The molecular weight excluding hydrogens is 294 g/mol. The van der Waals surface area contributed by atoms with Crippen molar-refractivity contribution in [2.24, 2.45) is 0 Å². The number of hydrogen-bond donors (Lipinski definition) is 0. The van der Waals surface area contributed by atoms with E-state index in [0.29, 0.717) is 17.3 Å². The first-order chi connectivity index (χ1) is 11.2. The summed E-state index contributed by atoms with van der Waals surface area (Å²) in [7, 11) is 0. The minimum absolute atomic E-state index is 0.490. The van der Waals surface area contributed by atoms with Crippen LogP contribution in [0.25, 0.3) is 28.1 Å². The van der Waals surface area contributed by atoms with Gasteiger partial charge in [0.15, 0.2) is 6.29 Å². The molecule has 0 spiro atoms. The highest BCUT2D eigenvalue weighted by Crippen LogP contribution is 2.22. The van der Waals surface area contributed by atoms with Crippen LogP contribution in [0.3, 0.4) is 0 Å². The summed E-state index contributed by atoms with van der Waals surface area (Å²) in [5, 5.41) is 4.79. The number of carbonyl (C=O) groups is 1. The molecule has 0 bridgehead atoms. The first-order valence-electron chi connectivity index (χ1n) is 6.93. The Labute approximate surface area is 130 Å². The molecule has 4 heterocycles. The highest BCUT2D eigenvalue weighted by Gasteiger charge is 2.10. The number of carbonyl (C=O) groups excluding carboxylic acids is 1. The molecule has 0 amide bonds. The Morgan fingerprint density at radius 1 is 1.22 bits per heavy atom. The van der Waals surface area contributed by atoms with Gasteiger partial charge in [0, 0.05) is 42.0 Å². The van der Waals surface area contributed by atoms with E-state index in [9.17, 15) is 4.79 Å². The number of rotatable bonds is 3. The lowest BCUT2D eigenvalue weighted by molar-refractivity contribution is 0.112. The SMILES string of the molecule is Cc1nc(-c2cncc(-n3ccc4cc(C=O)cnc43)c2)no1. The van der Waals surface area contributed by atoms with Crippen molar-refractivity contribution >= 4 is 17.3 Å². The van der Waals surface area contributed by atoms with E-state index < -0.39 is 0 Å². The summed E-state index contributed by atoms with van der Waals surface area (Å²) >= 11 is 0. The Morgan fingerprint density at radius 2 is 2.13 bits per heavy atom. The molecule has 23 heavy (non-hydrogen) atoms. The molecule has 0 saturated heterocycles. The summed E-state index contributed by atoms with van der Waals surface area (Å²) in [6, 6.07) is 5.61. The van der Waals surface area contributed by atoms with Crippen LogP contribution in [0.5, 0.6) is 0 Å². The van der Waals surface area contributed by atoms with Crippen LogP contribution in [0, 0.1) is 6.92 Å². The average molecular weight is 305 g/mol.